The summed E-state index contributed by atoms with van der Waals surface area (Å²) in [5.41, 5.74) is 0.274. The number of hydrogen-bond acceptors (Lipinski definition) is 2. The van der Waals surface area contributed by atoms with E-state index in [9.17, 15) is 9.59 Å². The maximum absolute atomic E-state index is 18.3. The predicted octanol–water partition coefficient (Wildman–Crippen LogP) is 12.4. The van der Waals surface area contributed by atoms with Crippen molar-refractivity contribution in [1.82, 2.24) is 0 Å². The third-order valence-electron chi connectivity index (χ3n) is 12.5. The second-order valence-corrected chi connectivity index (χ2v) is 23.1. The summed E-state index contributed by atoms with van der Waals surface area (Å²) < 4.78 is 68.8. The fourth-order valence-electron chi connectivity index (χ4n) is 9.78. The fourth-order valence-corrected chi connectivity index (χ4v) is 18.8. The van der Waals surface area contributed by atoms with Crippen LogP contribution in [0.4, 0.5) is 28.9 Å². The summed E-state index contributed by atoms with van der Waals surface area (Å²) in [4.78, 5) is 31.9. The molecule has 2 fully saturated rings. The molecule has 4 aromatic rings. The number of amides is 2. The molecule has 4 aromatic carbocycles. The summed E-state index contributed by atoms with van der Waals surface area (Å²) in [6.45, 7) is 0. The van der Waals surface area contributed by atoms with E-state index < -0.39 is 79.9 Å². The van der Waals surface area contributed by atoms with Crippen LogP contribution >= 0.6 is 23.2 Å². The molecule has 0 heterocycles. The van der Waals surface area contributed by atoms with Crippen molar-refractivity contribution < 1.29 is 43.7 Å². The molecule has 2 saturated carbocycles. The van der Waals surface area contributed by atoms with Crippen LogP contribution in [0.5, 0.6) is 0 Å². The average Bonchev–Trinajstić information content (AvgIpc) is 4.00. The first-order valence-corrected chi connectivity index (χ1v) is 24.6. The zero-order valence-corrected chi connectivity index (χ0v) is 35.5. The van der Waals surface area contributed by atoms with Crippen molar-refractivity contribution >= 4 is 54.1 Å². The zero-order chi connectivity index (χ0) is 41.3. The Balaban J connectivity index is 1.39. The van der Waals surface area contributed by atoms with Gasteiger partial charge < -0.3 is 0 Å². The Labute approximate surface area is 356 Å². The molecule has 4 nitrogen and oxygen atoms in total. The monoisotopic (exact) mass is 874 g/mol. The molecule has 4 aliphatic carbocycles. The van der Waals surface area contributed by atoms with Gasteiger partial charge in [-0.15, -0.1) is 0 Å². The second-order valence-electron chi connectivity index (χ2n) is 15.9. The number of allylic oxidation sites excluding steroid dienone is 8. The van der Waals surface area contributed by atoms with Gasteiger partial charge in [0.05, 0.1) is 0 Å². The Kier molecular flexibility index (Phi) is 12.5. The van der Waals surface area contributed by atoms with Crippen molar-refractivity contribution in [2.24, 2.45) is 0 Å². The van der Waals surface area contributed by atoms with Gasteiger partial charge in [0, 0.05) is 0 Å². The summed E-state index contributed by atoms with van der Waals surface area (Å²) in [6, 6.07) is 16.7. The van der Waals surface area contributed by atoms with Gasteiger partial charge in [0.1, 0.15) is 0 Å². The van der Waals surface area contributed by atoms with E-state index in [2.05, 4.69) is 0 Å². The number of rotatable bonds is 10. The van der Waals surface area contributed by atoms with Crippen LogP contribution in [-0.4, -0.2) is 23.9 Å². The quantitative estimate of drug-likeness (QED) is 0.118. The van der Waals surface area contributed by atoms with Crippen LogP contribution in [-0.2, 0) is 16.6 Å². The molecule has 0 aromatic heterocycles. The van der Waals surface area contributed by atoms with E-state index in [0.29, 0.717) is 35.7 Å². The van der Waals surface area contributed by atoms with E-state index in [0.717, 1.165) is 50.7 Å². The van der Waals surface area contributed by atoms with Gasteiger partial charge >= 0.3 is 358 Å². The molecule has 0 atom stereocenters. The van der Waals surface area contributed by atoms with Crippen molar-refractivity contribution in [1.29, 1.82) is 0 Å². The van der Waals surface area contributed by atoms with Gasteiger partial charge in [0.25, 0.3) is 0 Å². The molecule has 0 unspecified atom stereocenters. The minimum absolute atomic E-state index is 0.140. The van der Waals surface area contributed by atoms with Crippen LogP contribution in [0.3, 0.4) is 0 Å². The molecule has 0 aliphatic heterocycles. The summed E-state index contributed by atoms with van der Waals surface area (Å²) in [5, 5.41) is 0.856. The Morgan fingerprint density at radius 3 is 1.17 bits per heavy atom. The normalized spacial score (nSPS) is 17.6. The van der Waals surface area contributed by atoms with E-state index in [1.54, 1.807) is 97.1 Å². The van der Waals surface area contributed by atoms with Gasteiger partial charge in [0.15, 0.2) is 0 Å². The Bertz CT molecular complexity index is 2160. The van der Waals surface area contributed by atoms with Crippen molar-refractivity contribution in [3.05, 3.63) is 166 Å². The SMILES string of the molecule is O=C(c1ccc(Cl)cc1)N(c1ccc(F)[c]([Ti]([c]2c(F)ccc(N(C(=O)c3ccc(Cl)cc3)C3CCCCC3)c2F)([CH]2C=CC=C2)[CH]2C=CC=C2)c1F)C1CCCCC1. The standard InChI is InChI=1S/2C19H17ClF2NO.2C5H5.Ti/c2*20-14-8-6-13(7-9-14)19(24)23(16-4-2-1-3-5-16)18-11-10-15(21)12-17(18)22;2*1-2-4-5-3-1;/h2*6-11,16H,1-5H2;2*1-5H;. The zero-order valence-electron chi connectivity index (χ0n) is 32.4. The van der Waals surface area contributed by atoms with Crippen LogP contribution in [0, 0.1) is 23.3 Å². The first-order valence-electron chi connectivity index (χ1n) is 20.5. The van der Waals surface area contributed by atoms with E-state index in [4.69, 9.17) is 23.2 Å². The molecule has 0 bridgehead atoms. The number of carbonyl (C=O) groups is 2. The van der Waals surface area contributed by atoms with Crippen LogP contribution in [0.2, 0.25) is 18.5 Å². The van der Waals surface area contributed by atoms with Gasteiger partial charge in [0.2, 0.25) is 0 Å². The van der Waals surface area contributed by atoms with Crippen molar-refractivity contribution in [2.45, 2.75) is 84.7 Å². The molecule has 11 heteroatoms. The summed E-state index contributed by atoms with van der Waals surface area (Å²) in [6.07, 6.45) is 21.6. The molecule has 2 amide bonds. The van der Waals surface area contributed by atoms with Crippen molar-refractivity contribution in [3.63, 3.8) is 0 Å². The topological polar surface area (TPSA) is 40.6 Å². The van der Waals surface area contributed by atoms with Gasteiger partial charge in [-0.25, -0.2) is 0 Å². The molecule has 59 heavy (non-hydrogen) atoms. The van der Waals surface area contributed by atoms with Gasteiger partial charge in [-0.05, 0) is 0 Å². The molecule has 4 aliphatic rings. The summed E-state index contributed by atoms with van der Waals surface area (Å²) in [7, 11) is 0. The minimum atomic E-state index is -5.35. The van der Waals surface area contributed by atoms with Crippen LogP contribution in [0.1, 0.15) is 84.9 Å². The van der Waals surface area contributed by atoms with Crippen molar-refractivity contribution in [3.8, 4) is 0 Å². The van der Waals surface area contributed by atoms with E-state index in [1.807, 2.05) is 0 Å². The van der Waals surface area contributed by atoms with E-state index >= 15 is 17.6 Å². The molecule has 304 valence electrons. The van der Waals surface area contributed by atoms with Crippen LogP contribution in [0.25, 0.3) is 0 Å². The summed E-state index contributed by atoms with van der Waals surface area (Å²) in [5.74, 6) is -4.86. The predicted molar refractivity (Wildman–Crippen MR) is 226 cm³/mol. The number of nitrogens with zero attached hydrogens (tertiary/aromatic N) is 2. The molecule has 0 spiro atoms. The van der Waals surface area contributed by atoms with Crippen LogP contribution in [0.15, 0.2) is 121 Å². The molecule has 0 radical (unpaired) electrons. The molecule has 0 N–H and O–H groups in total. The Morgan fingerprint density at radius 1 is 0.492 bits per heavy atom. The first kappa shape index (κ1) is 41.5. The average molecular weight is 876 g/mol. The van der Waals surface area contributed by atoms with Gasteiger partial charge in [-0.1, -0.05) is 0 Å². The third-order valence-corrected chi connectivity index (χ3v) is 21.5. The third kappa shape index (κ3) is 7.83. The summed E-state index contributed by atoms with van der Waals surface area (Å²) >= 11 is 7.01. The second kappa shape index (κ2) is 17.8. The van der Waals surface area contributed by atoms with E-state index in [-0.39, 0.29) is 22.5 Å². The fraction of sp³-hybridized carbons (Fsp3) is 0.292. The molecular weight excluding hydrogens is 831 g/mol. The van der Waals surface area contributed by atoms with Gasteiger partial charge in [-0.3, -0.25) is 0 Å². The number of hydrogen-bond donors (Lipinski definition) is 0. The van der Waals surface area contributed by atoms with Crippen LogP contribution < -0.4 is 17.5 Å². The Morgan fingerprint density at radius 2 is 0.831 bits per heavy atom. The number of carbonyl (C=O) groups excluding carboxylic acids is 2. The number of halogens is 6. The number of anilines is 2. The number of benzene rings is 4. The van der Waals surface area contributed by atoms with E-state index in [1.165, 1.54) is 21.9 Å². The first-order chi connectivity index (χ1) is 28.6. The van der Waals surface area contributed by atoms with Crippen molar-refractivity contribution in [2.75, 3.05) is 9.80 Å². The molecular formula is C48H44Cl2F4N2O2Ti. The molecule has 8 rings (SSSR count). The Hall–Kier alpha value is -4.21. The maximum atomic E-state index is 18.3. The van der Waals surface area contributed by atoms with Gasteiger partial charge in [-0.2, -0.15) is 0 Å². The molecule has 0 saturated heterocycles.